The molecule has 0 saturated heterocycles. The smallest absolute Gasteiger partial charge is 0.194 e. The molecule has 4 heteroatoms. The standard InChI is InChI=1S/C17H11NO3/c1-8-4-11-10-2-3-18-14-6-9(19)5-13(16(10)14)17(21)12(11)7-15(8)20/h2-7,19-20H,1H3. The minimum atomic E-state index is -0.207. The average Bonchev–Trinajstić information content (AvgIpc) is 2.46. The van der Waals surface area contributed by atoms with E-state index >= 15 is 0 Å². The molecule has 2 N–H and O–H groups in total. The monoisotopic (exact) mass is 277 g/mol. The molecular formula is C17H11NO3. The molecule has 1 heterocycles. The molecule has 1 aliphatic rings. The molecule has 0 radical (unpaired) electrons. The molecule has 3 aromatic rings. The van der Waals surface area contributed by atoms with Crippen LogP contribution in [0.3, 0.4) is 0 Å². The van der Waals surface area contributed by atoms with Crippen LogP contribution < -0.4 is 0 Å². The van der Waals surface area contributed by atoms with Crippen LogP contribution in [0.4, 0.5) is 0 Å². The van der Waals surface area contributed by atoms with Gasteiger partial charge in [0.15, 0.2) is 5.78 Å². The summed E-state index contributed by atoms with van der Waals surface area (Å²) in [5, 5.41) is 20.4. The van der Waals surface area contributed by atoms with Crippen molar-refractivity contribution in [1.29, 1.82) is 0 Å². The molecule has 4 rings (SSSR count). The third-order valence-electron chi connectivity index (χ3n) is 3.94. The predicted octanol–water partition coefficient (Wildman–Crippen LogP) is 3.17. The van der Waals surface area contributed by atoms with Gasteiger partial charge in [-0.15, -0.1) is 0 Å². The van der Waals surface area contributed by atoms with Crippen molar-refractivity contribution >= 4 is 16.7 Å². The molecule has 0 fully saturated rings. The van der Waals surface area contributed by atoms with E-state index in [1.165, 1.54) is 12.1 Å². The van der Waals surface area contributed by atoms with Gasteiger partial charge in [-0.05, 0) is 47.9 Å². The number of hydrogen-bond acceptors (Lipinski definition) is 4. The molecule has 0 atom stereocenters. The van der Waals surface area contributed by atoms with E-state index in [0.29, 0.717) is 22.2 Å². The van der Waals surface area contributed by atoms with Gasteiger partial charge in [-0.1, -0.05) is 0 Å². The molecule has 0 aliphatic heterocycles. The number of carbonyl (C=O) groups is 1. The summed E-state index contributed by atoms with van der Waals surface area (Å²) >= 11 is 0. The lowest BCUT2D eigenvalue weighted by Crippen LogP contribution is -2.10. The fourth-order valence-electron chi connectivity index (χ4n) is 2.93. The van der Waals surface area contributed by atoms with Crippen LogP contribution in [0.5, 0.6) is 11.5 Å². The van der Waals surface area contributed by atoms with Gasteiger partial charge in [0.25, 0.3) is 0 Å². The highest BCUT2D eigenvalue weighted by Gasteiger charge is 2.27. The van der Waals surface area contributed by atoms with Crippen LogP contribution in [0.1, 0.15) is 21.5 Å². The molecule has 2 aromatic carbocycles. The van der Waals surface area contributed by atoms with Crippen LogP contribution >= 0.6 is 0 Å². The van der Waals surface area contributed by atoms with E-state index in [9.17, 15) is 15.0 Å². The Kier molecular flexibility index (Phi) is 2.17. The minimum absolute atomic E-state index is 0.00952. The Balaban J connectivity index is 2.23. The quantitative estimate of drug-likeness (QED) is 0.518. The van der Waals surface area contributed by atoms with Crippen molar-refractivity contribution in [3.05, 3.63) is 53.2 Å². The van der Waals surface area contributed by atoms with Gasteiger partial charge in [0.05, 0.1) is 5.52 Å². The Morgan fingerprint density at radius 1 is 0.952 bits per heavy atom. The molecule has 0 bridgehead atoms. The maximum Gasteiger partial charge on any atom is 0.194 e. The molecule has 102 valence electrons. The average molecular weight is 277 g/mol. The van der Waals surface area contributed by atoms with Gasteiger partial charge in [0.1, 0.15) is 11.5 Å². The van der Waals surface area contributed by atoms with Gasteiger partial charge in [0, 0.05) is 28.8 Å². The highest BCUT2D eigenvalue weighted by atomic mass is 16.3. The molecule has 1 aliphatic carbocycles. The third-order valence-corrected chi connectivity index (χ3v) is 3.94. The Labute approximate surface area is 120 Å². The normalized spacial score (nSPS) is 12.5. The van der Waals surface area contributed by atoms with Gasteiger partial charge in [0.2, 0.25) is 0 Å². The van der Waals surface area contributed by atoms with E-state index in [0.717, 1.165) is 16.5 Å². The number of fused-ring (bicyclic) bond motifs is 2. The van der Waals surface area contributed by atoms with Crippen LogP contribution in [-0.2, 0) is 0 Å². The van der Waals surface area contributed by atoms with Gasteiger partial charge in [-0.2, -0.15) is 0 Å². The molecule has 0 saturated carbocycles. The molecule has 0 unspecified atom stereocenters. The van der Waals surface area contributed by atoms with Crippen molar-refractivity contribution in [3.8, 4) is 22.6 Å². The first-order valence-electron chi connectivity index (χ1n) is 6.56. The van der Waals surface area contributed by atoms with Gasteiger partial charge in [-0.25, -0.2) is 0 Å². The lowest BCUT2D eigenvalue weighted by Gasteiger charge is -2.20. The lowest BCUT2D eigenvalue weighted by molar-refractivity contribution is 0.103. The number of phenolic OH excluding ortho intramolecular Hbond substituents is 2. The zero-order valence-electron chi connectivity index (χ0n) is 11.2. The first-order chi connectivity index (χ1) is 10.1. The number of carbonyl (C=O) groups excluding carboxylic acids is 1. The molecular weight excluding hydrogens is 266 g/mol. The predicted molar refractivity (Wildman–Crippen MR) is 78.7 cm³/mol. The second-order valence-electron chi connectivity index (χ2n) is 5.26. The highest BCUT2D eigenvalue weighted by molar-refractivity contribution is 6.25. The summed E-state index contributed by atoms with van der Waals surface area (Å²) in [7, 11) is 0. The maximum atomic E-state index is 12.7. The number of aromatic nitrogens is 1. The topological polar surface area (TPSA) is 70.4 Å². The fraction of sp³-hybridized carbons (Fsp3) is 0.0588. The van der Waals surface area contributed by atoms with Crippen molar-refractivity contribution in [2.45, 2.75) is 6.92 Å². The van der Waals surface area contributed by atoms with E-state index in [1.54, 1.807) is 19.2 Å². The number of benzene rings is 2. The number of rotatable bonds is 0. The summed E-state index contributed by atoms with van der Waals surface area (Å²) < 4.78 is 0. The Hall–Kier alpha value is -2.88. The van der Waals surface area contributed by atoms with Crippen molar-refractivity contribution < 1.29 is 15.0 Å². The minimum Gasteiger partial charge on any atom is -0.508 e. The first kappa shape index (κ1) is 11.9. The van der Waals surface area contributed by atoms with Crippen LogP contribution in [0, 0.1) is 6.92 Å². The Morgan fingerprint density at radius 2 is 1.76 bits per heavy atom. The second-order valence-corrected chi connectivity index (χ2v) is 5.26. The largest absolute Gasteiger partial charge is 0.508 e. The molecule has 1 aromatic heterocycles. The van der Waals surface area contributed by atoms with Gasteiger partial charge < -0.3 is 10.2 Å². The van der Waals surface area contributed by atoms with E-state index in [1.807, 2.05) is 12.1 Å². The summed E-state index contributed by atoms with van der Waals surface area (Å²) in [5.74, 6) is -0.104. The van der Waals surface area contributed by atoms with E-state index in [2.05, 4.69) is 4.98 Å². The summed E-state index contributed by atoms with van der Waals surface area (Å²) in [4.78, 5) is 16.9. The molecule has 4 nitrogen and oxygen atoms in total. The van der Waals surface area contributed by atoms with E-state index in [4.69, 9.17) is 0 Å². The van der Waals surface area contributed by atoms with Crippen LogP contribution in [-0.4, -0.2) is 21.0 Å². The van der Waals surface area contributed by atoms with Crippen LogP contribution in [0.2, 0.25) is 0 Å². The first-order valence-corrected chi connectivity index (χ1v) is 6.56. The maximum absolute atomic E-state index is 12.7. The highest BCUT2D eigenvalue weighted by Crippen LogP contribution is 2.41. The number of nitrogens with zero attached hydrogens (tertiary/aromatic N) is 1. The number of hydrogen-bond donors (Lipinski definition) is 2. The summed E-state index contributed by atoms with van der Waals surface area (Å²) in [6, 6.07) is 8.16. The van der Waals surface area contributed by atoms with Gasteiger partial charge in [-0.3, -0.25) is 9.78 Å². The number of aromatic hydroxyl groups is 2. The lowest BCUT2D eigenvalue weighted by atomic mass is 9.83. The zero-order chi connectivity index (χ0) is 14.7. The van der Waals surface area contributed by atoms with E-state index < -0.39 is 0 Å². The van der Waals surface area contributed by atoms with Crippen molar-refractivity contribution in [1.82, 2.24) is 4.98 Å². The van der Waals surface area contributed by atoms with Crippen LogP contribution in [0.25, 0.3) is 22.0 Å². The summed E-state index contributed by atoms with van der Waals surface area (Å²) in [6.45, 7) is 1.80. The number of aryl methyl sites for hydroxylation is 1. The van der Waals surface area contributed by atoms with Gasteiger partial charge >= 0.3 is 0 Å². The van der Waals surface area contributed by atoms with E-state index in [-0.39, 0.29) is 17.3 Å². The summed E-state index contributed by atoms with van der Waals surface area (Å²) in [6.07, 6.45) is 1.66. The Bertz CT molecular complexity index is 944. The second kappa shape index (κ2) is 3.82. The fourth-order valence-corrected chi connectivity index (χ4v) is 2.93. The van der Waals surface area contributed by atoms with Crippen LogP contribution in [0.15, 0.2) is 36.5 Å². The third kappa shape index (κ3) is 1.50. The summed E-state index contributed by atoms with van der Waals surface area (Å²) in [5.41, 5.74) is 3.86. The Morgan fingerprint density at radius 3 is 2.57 bits per heavy atom. The number of pyridine rings is 1. The van der Waals surface area contributed by atoms with Crippen molar-refractivity contribution in [2.24, 2.45) is 0 Å². The number of ketones is 1. The van der Waals surface area contributed by atoms with Crippen molar-refractivity contribution in [3.63, 3.8) is 0 Å². The molecule has 0 spiro atoms. The number of phenols is 2. The zero-order valence-corrected chi connectivity index (χ0v) is 11.2. The van der Waals surface area contributed by atoms with Crippen molar-refractivity contribution in [2.75, 3.05) is 0 Å². The SMILES string of the molecule is Cc1cc2c(cc1O)C(=O)c1cc(O)cc3nccc-2c13. The molecule has 21 heavy (non-hydrogen) atoms. The molecule has 0 amide bonds.